The smallest absolute Gasteiger partial charge is 0.236 e. The van der Waals surface area contributed by atoms with Crippen LogP contribution in [-0.4, -0.2) is 25.0 Å². The van der Waals surface area contributed by atoms with Crippen LogP contribution in [-0.2, 0) is 4.79 Å². The molecular formula is C14H26N2O. The van der Waals surface area contributed by atoms with Crippen LogP contribution < -0.4 is 10.6 Å². The van der Waals surface area contributed by atoms with Crippen LogP contribution in [0.3, 0.4) is 0 Å². The summed E-state index contributed by atoms with van der Waals surface area (Å²) in [6.07, 6.45) is 7.78. The highest BCUT2D eigenvalue weighted by molar-refractivity contribution is 5.81. The molecule has 2 fully saturated rings. The van der Waals surface area contributed by atoms with Gasteiger partial charge in [-0.1, -0.05) is 13.3 Å². The Morgan fingerprint density at radius 1 is 1.41 bits per heavy atom. The van der Waals surface area contributed by atoms with Gasteiger partial charge in [0.1, 0.15) is 0 Å². The molecule has 0 saturated heterocycles. The molecule has 0 radical (unpaired) electrons. The van der Waals surface area contributed by atoms with E-state index in [9.17, 15) is 4.79 Å². The maximum absolute atomic E-state index is 11.8. The quantitative estimate of drug-likeness (QED) is 0.636. The zero-order valence-corrected chi connectivity index (χ0v) is 11.2. The summed E-state index contributed by atoms with van der Waals surface area (Å²) in [6.45, 7) is 5.97. The van der Waals surface area contributed by atoms with Crippen molar-refractivity contribution in [3.63, 3.8) is 0 Å². The van der Waals surface area contributed by atoms with E-state index in [1.54, 1.807) is 0 Å². The molecule has 3 nitrogen and oxygen atoms in total. The largest absolute Gasteiger partial charge is 0.355 e. The second-order valence-electron chi connectivity index (χ2n) is 5.88. The number of nitrogens with one attached hydrogen (secondary N) is 2. The predicted molar refractivity (Wildman–Crippen MR) is 69.8 cm³/mol. The molecule has 2 aliphatic rings. The Labute approximate surface area is 105 Å². The van der Waals surface area contributed by atoms with Gasteiger partial charge in [-0.05, 0) is 50.4 Å². The van der Waals surface area contributed by atoms with Crippen molar-refractivity contribution >= 4 is 5.91 Å². The zero-order chi connectivity index (χ0) is 12.3. The number of carbonyl (C=O) groups is 1. The minimum Gasteiger partial charge on any atom is -0.355 e. The Morgan fingerprint density at radius 3 is 2.65 bits per heavy atom. The van der Waals surface area contributed by atoms with E-state index in [2.05, 4.69) is 17.6 Å². The Kier molecular flexibility index (Phi) is 4.08. The summed E-state index contributed by atoms with van der Waals surface area (Å²) in [5.74, 6) is 1.12. The number of unbranched alkanes of at least 4 members (excludes halogenated alkanes) is 1. The zero-order valence-electron chi connectivity index (χ0n) is 11.2. The third kappa shape index (κ3) is 3.44. The van der Waals surface area contributed by atoms with Gasteiger partial charge in [0.15, 0.2) is 0 Å². The number of carbonyl (C=O) groups excluding carboxylic acids is 1. The van der Waals surface area contributed by atoms with E-state index in [4.69, 9.17) is 0 Å². The van der Waals surface area contributed by atoms with Crippen LogP contribution in [0.25, 0.3) is 0 Å². The van der Waals surface area contributed by atoms with E-state index in [0.29, 0.717) is 5.41 Å². The molecule has 0 bridgehead atoms. The predicted octanol–water partition coefficient (Wildman–Crippen LogP) is 2.07. The summed E-state index contributed by atoms with van der Waals surface area (Å²) in [5.41, 5.74) is 0.581. The molecule has 1 unspecified atom stereocenters. The Balaban J connectivity index is 1.62. The lowest BCUT2D eigenvalue weighted by Crippen LogP contribution is -2.44. The topological polar surface area (TPSA) is 41.1 Å². The van der Waals surface area contributed by atoms with Gasteiger partial charge in [-0.3, -0.25) is 4.79 Å². The van der Waals surface area contributed by atoms with Crippen molar-refractivity contribution < 1.29 is 4.79 Å². The van der Waals surface area contributed by atoms with Gasteiger partial charge in [-0.15, -0.1) is 0 Å². The maximum Gasteiger partial charge on any atom is 0.236 e. The molecule has 1 amide bonds. The number of hydrogen-bond donors (Lipinski definition) is 2. The molecule has 0 aromatic carbocycles. The standard InChI is InChI=1S/C14H26N2O/c1-3-4-9-15-13(17)11(2)16-10-14(7-8-14)12-5-6-12/h11-12,16H,3-10H2,1-2H3,(H,15,17). The van der Waals surface area contributed by atoms with Crippen LogP contribution >= 0.6 is 0 Å². The van der Waals surface area contributed by atoms with Crippen molar-refractivity contribution in [3.05, 3.63) is 0 Å². The van der Waals surface area contributed by atoms with Gasteiger partial charge in [0.2, 0.25) is 5.91 Å². The summed E-state index contributed by atoms with van der Waals surface area (Å²) in [6, 6.07) is -0.0388. The SMILES string of the molecule is CCCCNC(=O)C(C)NCC1(C2CC2)CC1. The molecule has 0 heterocycles. The molecule has 2 rings (SSSR count). The second-order valence-corrected chi connectivity index (χ2v) is 5.88. The monoisotopic (exact) mass is 238 g/mol. The highest BCUT2D eigenvalue weighted by Gasteiger charge is 2.53. The number of rotatable bonds is 8. The van der Waals surface area contributed by atoms with Crippen molar-refractivity contribution in [1.29, 1.82) is 0 Å². The summed E-state index contributed by atoms with van der Waals surface area (Å²) in [4.78, 5) is 11.8. The summed E-state index contributed by atoms with van der Waals surface area (Å²) in [5, 5.41) is 6.40. The second kappa shape index (κ2) is 5.38. The molecule has 0 aromatic rings. The minimum atomic E-state index is -0.0388. The first-order chi connectivity index (χ1) is 8.18. The van der Waals surface area contributed by atoms with E-state index in [0.717, 1.165) is 31.8 Å². The molecule has 1 atom stereocenters. The van der Waals surface area contributed by atoms with Crippen LogP contribution in [0, 0.1) is 11.3 Å². The lowest BCUT2D eigenvalue weighted by Gasteiger charge is -2.19. The fourth-order valence-electron chi connectivity index (χ4n) is 2.58. The fourth-order valence-corrected chi connectivity index (χ4v) is 2.58. The van der Waals surface area contributed by atoms with Crippen molar-refractivity contribution in [2.45, 2.75) is 58.4 Å². The van der Waals surface area contributed by atoms with Crippen molar-refractivity contribution in [2.24, 2.45) is 11.3 Å². The van der Waals surface area contributed by atoms with Crippen LogP contribution in [0.15, 0.2) is 0 Å². The normalized spacial score (nSPS) is 23.2. The Hall–Kier alpha value is -0.570. The fraction of sp³-hybridized carbons (Fsp3) is 0.929. The third-order valence-corrected chi connectivity index (χ3v) is 4.32. The van der Waals surface area contributed by atoms with Gasteiger partial charge in [0.25, 0.3) is 0 Å². The van der Waals surface area contributed by atoms with E-state index < -0.39 is 0 Å². The highest BCUT2D eigenvalue weighted by Crippen LogP contribution is 2.60. The molecule has 0 aliphatic heterocycles. The van der Waals surface area contributed by atoms with Gasteiger partial charge in [0, 0.05) is 13.1 Å². The van der Waals surface area contributed by atoms with Crippen LogP contribution in [0.2, 0.25) is 0 Å². The molecule has 0 aromatic heterocycles. The van der Waals surface area contributed by atoms with Gasteiger partial charge >= 0.3 is 0 Å². The van der Waals surface area contributed by atoms with Crippen molar-refractivity contribution in [1.82, 2.24) is 10.6 Å². The molecule has 2 saturated carbocycles. The summed E-state index contributed by atoms with van der Waals surface area (Å²) in [7, 11) is 0. The van der Waals surface area contributed by atoms with E-state index in [-0.39, 0.29) is 11.9 Å². The van der Waals surface area contributed by atoms with E-state index in [1.807, 2.05) is 6.92 Å². The minimum absolute atomic E-state index is 0.0388. The molecule has 0 spiro atoms. The van der Waals surface area contributed by atoms with Gasteiger partial charge in [0.05, 0.1) is 6.04 Å². The van der Waals surface area contributed by atoms with E-state index >= 15 is 0 Å². The van der Waals surface area contributed by atoms with Crippen molar-refractivity contribution in [3.8, 4) is 0 Å². The molecular weight excluding hydrogens is 212 g/mol. The lowest BCUT2D eigenvalue weighted by molar-refractivity contribution is -0.122. The van der Waals surface area contributed by atoms with Gasteiger partial charge < -0.3 is 10.6 Å². The average molecular weight is 238 g/mol. The highest BCUT2D eigenvalue weighted by atomic mass is 16.2. The Morgan fingerprint density at radius 2 is 2.12 bits per heavy atom. The van der Waals surface area contributed by atoms with Crippen molar-refractivity contribution in [2.75, 3.05) is 13.1 Å². The Bertz CT molecular complexity index is 269. The van der Waals surface area contributed by atoms with Gasteiger partial charge in [-0.25, -0.2) is 0 Å². The summed E-state index contributed by atoms with van der Waals surface area (Å²) >= 11 is 0. The first kappa shape index (κ1) is 12.9. The maximum atomic E-state index is 11.8. The number of hydrogen-bond acceptors (Lipinski definition) is 2. The van der Waals surface area contributed by atoms with Gasteiger partial charge in [-0.2, -0.15) is 0 Å². The first-order valence-corrected chi connectivity index (χ1v) is 7.19. The molecule has 98 valence electrons. The third-order valence-electron chi connectivity index (χ3n) is 4.32. The molecule has 3 heteroatoms. The van der Waals surface area contributed by atoms with Crippen LogP contribution in [0.5, 0.6) is 0 Å². The van der Waals surface area contributed by atoms with E-state index in [1.165, 1.54) is 25.7 Å². The van der Waals surface area contributed by atoms with Crippen LogP contribution in [0.1, 0.15) is 52.4 Å². The molecule has 17 heavy (non-hydrogen) atoms. The lowest BCUT2D eigenvalue weighted by atomic mass is 10.0. The van der Waals surface area contributed by atoms with Crippen LogP contribution in [0.4, 0.5) is 0 Å². The first-order valence-electron chi connectivity index (χ1n) is 7.19. The number of amides is 1. The average Bonchev–Trinajstić information content (AvgIpc) is 3.16. The molecule has 2 N–H and O–H groups in total. The molecule has 2 aliphatic carbocycles. The summed E-state index contributed by atoms with van der Waals surface area (Å²) < 4.78 is 0.